The van der Waals surface area contributed by atoms with Gasteiger partial charge in [-0.25, -0.2) is 0 Å². The molecule has 4 unspecified atom stereocenters. The number of hydrogen-bond donors (Lipinski definition) is 6. The van der Waals surface area contributed by atoms with Gasteiger partial charge < -0.3 is 36.2 Å². The summed E-state index contributed by atoms with van der Waals surface area (Å²) in [6, 6.07) is 11.6. The van der Waals surface area contributed by atoms with Gasteiger partial charge in [-0.15, -0.1) is 11.3 Å². The van der Waals surface area contributed by atoms with Gasteiger partial charge in [0, 0.05) is 34.8 Å². The van der Waals surface area contributed by atoms with Crippen LogP contribution in [0.15, 0.2) is 36.4 Å². The number of nitrogens with zero attached hydrogens (tertiary/aromatic N) is 1. The summed E-state index contributed by atoms with van der Waals surface area (Å²) in [4.78, 5) is 1.77. The van der Waals surface area contributed by atoms with Gasteiger partial charge in [0.2, 0.25) is 0 Å². The maximum absolute atomic E-state index is 10.3. The first-order chi connectivity index (χ1) is 12.8. The molecule has 7 N–H and O–H groups in total. The van der Waals surface area contributed by atoms with E-state index in [1.807, 2.05) is 30.3 Å². The van der Waals surface area contributed by atoms with Crippen molar-refractivity contribution in [3.63, 3.8) is 0 Å². The Kier molecular flexibility index (Phi) is 5.85. The number of likely N-dealkylation sites (N-methyl/N-ethyl adjacent to an activating group) is 1. The topological polar surface area (TPSA) is 130 Å². The molecule has 27 heavy (non-hydrogen) atoms. The second-order valence-corrected chi connectivity index (χ2v) is 7.71. The Hall–Kier alpha value is -1.94. The van der Waals surface area contributed by atoms with Crippen molar-refractivity contribution < 1.29 is 25.5 Å². The van der Waals surface area contributed by atoms with Crippen LogP contribution in [0.2, 0.25) is 0 Å². The number of nitrogens with two attached hydrogens (primary N) is 1. The Morgan fingerprint density at radius 2 is 1.67 bits per heavy atom. The minimum atomic E-state index is -1.64. The molecule has 3 rings (SSSR count). The summed E-state index contributed by atoms with van der Waals surface area (Å²) in [5, 5.41) is 50.4. The summed E-state index contributed by atoms with van der Waals surface area (Å²) in [6.07, 6.45) is -6.09. The van der Waals surface area contributed by atoms with Gasteiger partial charge in [0.25, 0.3) is 0 Å². The average molecular weight is 392 g/mol. The van der Waals surface area contributed by atoms with Gasteiger partial charge in [-0.2, -0.15) is 0 Å². The molecule has 0 spiro atoms. The van der Waals surface area contributed by atoms with E-state index in [-0.39, 0.29) is 6.54 Å². The normalized spacial score (nSPS) is 16.4. The van der Waals surface area contributed by atoms with Gasteiger partial charge in [0.15, 0.2) is 0 Å². The number of aliphatic hydroxyl groups excluding tert-OH is 5. The smallest absolute Gasteiger partial charge is 0.111 e. The van der Waals surface area contributed by atoms with Gasteiger partial charge in [-0.1, -0.05) is 18.2 Å². The third-order valence-corrected chi connectivity index (χ3v) is 5.93. The molecular formula is C19H24N2O5S. The Labute approximate surface area is 160 Å². The molecule has 2 aromatic carbocycles. The third-order valence-electron chi connectivity index (χ3n) is 4.74. The minimum absolute atomic E-state index is 0.0175. The molecule has 0 fully saturated rings. The molecular weight excluding hydrogens is 368 g/mol. The number of fused-ring (bicyclic) bond motifs is 3. The summed E-state index contributed by atoms with van der Waals surface area (Å²) in [5.41, 5.74) is 7.69. The summed E-state index contributed by atoms with van der Waals surface area (Å²) >= 11 is 1.59. The Balaban J connectivity index is 1.90. The van der Waals surface area contributed by atoms with Crippen LogP contribution in [-0.2, 0) is 0 Å². The van der Waals surface area contributed by atoms with Crippen LogP contribution >= 0.6 is 11.3 Å². The lowest BCUT2D eigenvalue weighted by Gasteiger charge is -2.29. The first kappa shape index (κ1) is 19.8. The molecule has 7 nitrogen and oxygen atoms in total. The zero-order valence-corrected chi connectivity index (χ0v) is 15.7. The van der Waals surface area contributed by atoms with Gasteiger partial charge in [-0.05, 0) is 18.2 Å². The average Bonchev–Trinajstić information content (AvgIpc) is 3.06. The number of hydrogen-bond acceptors (Lipinski definition) is 8. The zero-order valence-electron chi connectivity index (χ0n) is 14.9. The van der Waals surface area contributed by atoms with Crippen LogP contribution in [0.3, 0.4) is 0 Å². The molecule has 8 heteroatoms. The van der Waals surface area contributed by atoms with Crippen molar-refractivity contribution in [1.82, 2.24) is 0 Å². The highest BCUT2D eigenvalue weighted by Crippen LogP contribution is 2.42. The molecule has 3 aromatic rings. The molecule has 0 saturated carbocycles. The number of anilines is 2. The lowest BCUT2D eigenvalue weighted by molar-refractivity contribution is -0.112. The number of aliphatic hydroxyl groups is 5. The van der Waals surface area contributed by atoms with Crippen molar-refractivity contribution in [2.45, 2.75) is 24.4 Å². The summed E-state index contributed by atoms with van der Waals surface area (Å²) in [6.45, 7) is -0.690. The van der Waals surface area contributed by atoms with E-state index in [0.717, 1.165) is 25.9 Å². The van der Waals surface area contributed by atoms with E-state index in [1.165, 1.54) is 0 Å². The van der Waals surface area contributed by atoms with Gasteiger partial charge in [0.1, 0.15) is 18.3 Å². The summed E-state index contributed by atoms with van der Waals surface area (Å²) in [7, 11) is 1.76. The molecule has 4 atom stereocenters. The molecule has 0 radical (unpaired) electrons. The monoisotopic (exact) mass is 392 g/mol. The van der Waals surface area contributed by atoms with Crippen LogP contribution in [-0.4, -0.2) is 70.1 Å². The largest absolute Gasteiger partial charge is 0.398 e. The minimum Gasteiger partial charge on any atom is -0.398 e. The van der Waals surface area contributed by atoms with Crippen molar-refractivity contribution >= 4 is 42.9 Å². The third kappa shape index (κ3) is 3.73. The van der Waals surface area contributed by atoms with Crippen LogP contribution in [0.1, 0.15) is 0 Å². The van der Waals surface area contributed by atoms with E-state index in [2.05, 4.69) is 0 Å². The number of rotatable bonds is 7. The van der Waals surface area contributed by atoms with Crippen molar-refractivity contribution in [3.8, 4) is 0 Å². The fraction of sp³-hybridized carbons (Fsp3) is 0.368. The maximum atomic E-state index is 10.3. The van der Waals surface area contributed by atoms with Crippen LogP contribution in [0.5, 0.6) is 0 Å². The van der Waals surface area contributed by atoms with Crippen molar-refractivity contribution in [2.24, 2.45) is 0 Å². The predicted molar refractivity (Wildman–Crippen MR) is 108 cm³/mol. The molecule has 1 heterocycles. The van der Waals surface area contributed by atoms with E-state index < -0.39 is 31.0 Å². The van der Waals surface area contributed by atoms with Gasteiger partial charge in [0.05, 0.1) is 23.1 Å². The summed E-state index contributed by atoms with van der Waals surface area (Å²) < 4.78 is 2.07. The van der Waals surface area contributed by atoms with Gasteiger partial charge in [-0.3, -0.25) is 0 Å². The molecule has 0 aliphatic carbocycles. The maximum Gasteiger partial charge on any atom is 0.111 e. The molecule has 146 valence electrons. The van der Waals surface area contributed by atoms with Crippen molar-refractivity contribution in [2.75, 3.05) is 30.8 Å². The fourth-order valence-electron chi connectivity index (χ4n) is 3.19. The standard InChI is InChI=1S/C19H24N2O5S/c1-21(8-13(23)17(25)18(26)14(24)9-22)12-7-6-11(20)16-10-4-2-3-5-15(10)27-19(12)16/h2-7,13-14,17-18,22-26H,8-9,20H2,1H3. The highest BCUT2D eigenvalue weighted by Gasteiger charge is 2.31. The van der Waals surface area contributed by atoms with E-state index in [1.54, 1.807) is 29.4 Å². The molecule has 0 amide bonds. The molecule has 0 aliphatic rings. The quantitative estimate of drug-likeness (QED) is 0.323. The number of nitrogen functional groups attached to an aromatic ring is 1. The zero-order chi connectivity index (χ0) is 19.7. The lowest BCUT2D eigenvalue weighted by atomic mass is 10.0. The van der Waals surface area contributed by atoms with Crippen molar-refractivity contribution in [1.29, 1.82) is 0 Å². The lowest BCUT2D eigenvalue weighted by Crippen LogP contribution is -2.49. The number of benzene rings is 2. The molecule has 0 aliphatic heterocycles. The molecule has 0 bridgehead atoms. The van der Waals surface area contributed by atoms with Crippen molar-refractivity contribution in [3.05, 3.63) is 36.4 Å². The Morgan fingerprint density at radius 1 is 1.00 bits per heavy atom. The van der Waals surface area contributed by atoms with E-state index in [9.17, 15) is 20.4 Å². The van der Waals surface area contributed by atoms with Crippen LogP contribution in [0.4, 0.5) is 11.4 Å². The van der Waals surface area contributed by atoms with E-state index in [4.69, 9.17) is 10.8 Å². The highest BCUT2D eigenvalue weighted by atomic mass is 32.1. The van der Waals surface area contributed by atoms with E-state index >= 15 is 0 Å². The fourth-order valence-corrected chi connectivity index (χ4v) is 4.50. The Bertz CT molecular complexity index is 931. The molecule has 0 saturated heterocycles. The second kappa shape index (κ2) is 7.97. The van der Waals surface area contributed by atoms with Crippen LogP contribution < -0.4 is 10.6 Å². The second-order valence-electron chi connectivity index (χ2n) is 6.66. The SMILES string of the molecule is CN(CC(O)C(O)C(O)C(O)CO)c1ccc(N)c2c1sc1ccccc12. The Morgan fingerprint density at radius 3 is 2.37 bits per heavy atom. The first-order valence-electron chi connectivity index (χ1n) is 8.59. The highest BCUT2D eigenvalue weighted by molar-refractivity contribution is 7.26. The first-order valence-corrected chi connectivity index (χ1v) is 9.40. The summed E-state index contributed by atoms with van der Waals surface area (Å²) in [5.74, 6) is 0. The van der Waals surface area contributed by atoms with Crippen LogP contribution in [0, 0.1) is 0 Å². The van der Waals surface area contributed by atoms with E-state index in [0.29, 0.717) is 5.69 Å². The van der Waals surface area contributed by atoms with Gasteiger partial charge >= 0.3 is 0 Å². The van der Waals surface area contributed by atoms with Crippen LogP contribution in [0.25, 0.3) is 20.2 Å². The number of thiophene rings is 1. The molecule has 1 aromatic heterocycles. The predicted octanol–water partition coefficient (Wildman–Crippen LogP) is 0.509.